The van der Waals surface area contributed by atoms with E-state index in [4.69, 9.17) is 0 Å². The molecule has 0 spiro atoms. The van der Waals surface area contributed by atoms with E-state index in [0.29, 0.717) is 5.01 Å². The molecule has 1 aromatic heterocycles. The molecule has 1 aliphatic rings. The molecular formula is C17H22N4O5S3. The van der Waals surface area contributed by atoms with Crippen molar-refractivity contribution in [1.29, 1.82) is 0 Å². The van der Waals surface area contributed by atoms with Crippen LogP contribution in [0.5, 0.6) is 0 Å². The average molecular weight is 459 g/mol. The smallest absolute Gasteiger partial charge is 0.263 e. The maximum Gasteiger partial charge on any atom is 0.263 e. The number of amides is 1. The summed E-state index contributed by atoms with van der Waals surface area (Å²) >= 11 is 0.980. The highest BCUT2D eigenvalue weighted by molar-refractivity contribution is 7.93. The lowest BCUT2D eigenvalue weighted by Crippen LogP contribution is -2.44. The summed E-state index contributed by atoms with van der Waals surface area (Å²) in [7, 11) is -6.86. The number of rotatable bonds is 7. The van der Waals surface area contributed by atoms with E-state index in [1.807, 2.05) is 0 Å². The van der Waals surface area contributed by atoms with Crippen molar-refractivity contribution in [1.82, 2.24) is 15.1 Å². The monoisotopic (exact) mass is 458 g/mol. The van der Waals surface area contributed by atoms with E-state index in [0.717, 1.165) is 29.7 Å². The zero-order valence-electron chi connectivity index (χ0n) is 15.9. The molecule has 2 heterocycles. The Labute approximate surface area is 174 Å². The molecule has 1 amide bonds. The van der Waals surface area contributed by atoms with Crippen LogP contribution in [0.1, 0.15) is 23.9 Å². The maximum atomic E-state index is 12.5. The number of benzene rings is 1. The third-order valence-corrected chi connectivity index (χ3v) is 8.39. The van der Waals surface area contributed by atoms with Crippen molar-refractivity contribution >= 4 is 42.2 Å². The molecule has 1 fully saturated rings. The van der Waals surface area contributed by atoms with Gasteiger partial charge in [-0.25, -0.2) is 16.8 Å². The highest BCUT2D eigenvalue weighted by atomic mass is 32.2. The second-order valence-corrected chi connectivity index (χ2v) is 11.8. The number of sulfonamides is 1. The van der Waals surface area contributed by atoms with Crippen LogP contribution in [0.25, 0.3) is 0 Å². The van der Waals surface area contributed by atoms with Gasteiger partial charge in [0.25, 0.3) is 10.0 Å². The zero-order valence-corrected chi connectivity index (χ0v) is 18.3. The first-order chi connectivity index (χ1) is 13.7. The molecule has 3 rings (SSSR count). The minimum absolute atomic E-state index is 0.0447. The summed E-state index contributed by atoms with van der Waals surface area (Å²) in [5.74, 6) is -0.342. The van der Waals surface area contributed by atoms with E-state index in [9.17, 15) is 21.6 Å². The van der Waals surface area contributed by atoms with Crippen LogP contribution in [0.3, 0.4) is 0 Å². The summed E-state index contributed by atoms with van der Waals surface area (Å²) in [4.78, 5) is 13.9. The molecular weight excluding hydrogens is 436 g/mol. The molecule has 1 saturated heterocycles. The molecule has 9 nitrogen and oxygen atoms in total. The van der Waals surface area contributed by atoms with Crippen LogP contribution in [0.15, 0.2) is 29.2 Å². The molecule has 0 atom stereocenters. The molecule has 1 N–H and O–H groups in total. The van der Waals surface area contributed by atoms with Crippen molar-refractivity contribution in [2.75, 3.05) is 29.3 Å². The Morgan fingerprint density at radius 3 is 2.45 bits per heavy atom. The van der Waals surface area contributed by atoms with Crippen molar-refractivity contribution in [3.63, 3.8) is 0 Å². The summed E-state index contributed by atoms with van der Waals surface area (Å²) < 4.78 is 50.3. The van der Waals surface area contributed by atoms with Crippen molar-refractivity contribution < 1.29 is 21.6 Å². The number of carbonyl (C=O) groups is 1. The molecule has 158 valence electrons. The van der Waals surface area contributed by atoms with Crippen LogP contribution in [0, 0.1) is 0 Å². The van der Waals surface area contributed by atoms with Crippen LogP contribution in [-0.4, -0.2) is 62.4 Å². The number of aryl methyl sites for hydroxylation is 1. The number of aromatic nitrogens is 2. The minimum atomic E-state index is -3.80. The van der Waals surface area contributed by atoms with Crippen LogP contribution in [0.4, 0.5) is 5.13 Å². The van der Waals surface area contributed by atoms with Gasteiger partial charge in [-0.3, -0.25) is 9.52 Å². The second kappa shape index (κ2) is 8.76. The van der Waals surface area contributed by atoms with E-state index in [1.165, 1.54) is 4.90 Å². The molecule has 0 bridgehead atoms. The third-order valence-electron chi connectivity index (χ3n) is 4.46. The highest BCUT2D eigenvalue weighted by Gasteiger charge is 2.26. The lowest BCUT2D eigenvalue weighted by atomic mass is 10.1. The van der Waals surface area contributed by atoms with Gasteiger partial charge < -0.3 is 4.90 Å². The maximum absolute atomic E-state index is 12.5. The Morgan fingerprint density at radius 1 is 1.17 bits per heavy atom. The predicted octanol–water partition coefficient (Wildman–Crippen LogP) is 1.09. The van der Waals surface area contributed by atoms with Gasteiger partial charge in [-0.1, -0.05) is 36.8 Å². The Hall–Kier alpha value is -2.05. The fourth-order valence-corrected chi connectivity index (χ4v) is 6.03. The molecule has 0 unspecified atom stereocenters. The van der Waals surface area contributed by atoms with Gasteiger partial charge >= 0.3 is 0 Å². The lowest BCUT2D eigenvalue weighted by Gasteiger charge is -2.26. The number of nitrogens with one attached hydrogen (secondary N) is 1. The first-order valence-corrected chi connectivity index (χ1v) is 13.2. The topological polar surface area (TPSA) is 126 Å². The van der Waals surface area contributed by atoms with Gasteiger partial charge in [-0.05, 0) is 24.1 Å². The van der Waals surface area contributed by atoms with Crippen LogP contribution >= 0.6 is 11.3 Å². The van der Waals surface area contributed by atoms with E-state index in [-0.39, 0.29) is 47.0 Å². The summed E-state index contributed by atoms with van der Waals surface area (Å²) in [5.41, 5.74) is 1.06. The Bertz CT molecular complexity index is 1060. The molecule has 29 heavy (non-hydrogen) atoms. The third kappa shape index (κ3) is 5.73. The first-order valence-electron chi connectivity index (χ1n) is 9.11. The largest absolute Gasteiger partial charge is 0.340 e. The standard InChI is InChI=1S/C17H22N4O5S3/c1-2-3-13-4-6-14(7-5-13)29(25,26)20-17-19-18-15(27-17)12-16(22)21-8-10-28(23,24)11-9-21/h4-7H,2-3,8-12H2,1H3,(H,19,20). The van der Waals surface area contributed by atoms with E-state index in [1.54, 1.807) is 24.3 Å². The molecule has 1 aliphatic heterocycles. The number of nitrogens with zero attached hydrogens (tertiary/aromatic N) is 3. The van der Waals surface area contributed by atoms with Crippen molar-refractivity contribution in [2.45, 2.75) is 31.1 Å². The fourth-order valence-electron chi connectivity index (χ4n) is 2.87. The number of hydrogen-bond donors (Lipinski definition) is 1. The summed E-state index contributed by atoms with van der Waals surface area (Å²) in [5, 5.41) is 8.11. The summed E-state index contributed by atoms with van der Waals surface area (Å²) in [6, 6.07) is 6.65. The SMILES string of the molecule is CCCc1ccc(S(=O)(=O)Nc2nnc(CC(=O)N3CCS(=O)(=O)CC3)s2)cc1. The number of carbonyl (C=O) groups excluding carboxylic acids is 1. The van der Waals surface area contributed by atoms with Gasteiger partial charge in [0.1, 0.15) is 5.01 Å². The molecule has 12 heteroatoms. The summed E-state index contributed by atoms with van der Waals surface area (Å²) in [6.07, 6.45) is 1.81. The number of hydrogen-bond acceptors (Lipinski definition) is 8. The Balaban J connectivity index is 1.61. The molecule has 1 aromatic carbocycles. The second-order valence-electron chi connectivity index (χ2n) is 6.71. The van der Waals surface area contributed by atoms with Crippen molar-refractivity contribution in [3.05, 3.63) is 34.8 Å². The highest BCUT2D eigenvalue weighted by Crippen LogP contribution is 2.21. The average Bonchev–Trinajstić information content (AvgIpc) is 3.08. The van der Waals surface area contributed by atoms with Crippen LogP contribution in [0.2, 0.25) is 0 Å². The van der Waals surface area contributed by atoms with Crippen LogP contribution < -0.4 is 4.72 Å². The van der Waals surface area contributed by atoms with E-state index in [2.05, 4.69) is 21.8 Å². The summed E-state index contributed by atoms with van der Waals surface area (Å²) in [6.45, 7) is 2.37. The number of anilines is 1. The van der Waals surface area contributed by atoms with Crippen molar-refractivity contribution in [2.24, 2.45) is 0 Å². The zero-order chi connectivity index (χ0) is 21.1. The van der Waals surface area contributed by atoms with Crippen molar-refractivity contribution in [3.8, 4) is 0 Å². The molecule has 0 radical (unpaired) electrons. The predicted molar refractivity (Wildman–Crippen MR) is 110 cm³/mol. The van der Waals surface area contributed by atoms with Gasteiger partial charge in [-0.15, -0.1) is 10.2 Å². The van der Waals surface area contributed by atoms with E-state index < -0.39 is 19.9 Å². The van der Waals surface area contributed by atoms with Gasteiger partial charge in [-0.2, -0.15) is 0 Å². The van der Waals surface area contributed by atoms with E-state index >= 15 is 0 Å². The van der Waals surface area contributed by atoms with Gasteiger partial charge in [0.15, 0.2) is 9.84 Å². The van der Waals surface area contributed by atoms with Crippen LogP contribution in [-0.2, 0) is 37.5 Å². The van der Waals surface area contributed by atoms with Gasteiger partial charge in [0.2, 0.25) is 11.0 Å². The molecule has 0 aliphatic carbocycles. The molecule has 2 aromatic rings. The Morgan fingerprint density at radius 2 is 1.83 bits per heavy atom. The van der Waals surface area contributed by atoms with Gasteiger partial charge in [0, 0.05) is 13.1 Å². The first kappa shape index (κ1) is 21.7. The molecule has 0 saturated carbocycles. The van der Waals surface area contributed by atoms with Gasteiger partial charge in [0.05, 0.1) is 22.8 Å². The fraction of sp³-hybridized carbons (Fsp3) is 0.471. The Kier molecular flexibility index (Phi) is 6.54. The normalized spacial score (nSPS) is 16.5. The number of sulfone groups is 1. The lowest BCUT2D eigenvalue weighted by molar-refractivity contribution is -0.130. The quantitative estimate of drug-likeness (QED) is 0.658. The minimum Gasteiger partial charge on any atom is -0.340 e.